The largest absolute Gasteiger partial charge is 0.356 e. The molecule has 1 aliphatic heterocycles. The molecule has 6 unspecified atom stereocenters. The first-order chi connectivity index (χ1) is 15.7. The predicted molar refractivity (Wildman–Crippen MR) is 126 cm³/mol. The highest BCUT2D eigenvalue weighted by atomic mass is 16.2. The molecule has 4 bridgehead atoms. The quantitative estimate of drug-likeness (QED) is 0.508. The second-order valence-corrected chi connectivity index (χ2v) is 11.5. The maximum atomic E-state index is 12.4. The SMILES string of the molecule is O=C(NCCCN1CCN(CCCNC(=O)C2CC3CCC2C3)CC1)C1CC2CCC1C2. The van der Waals surface area contributed by atoms with Crippen molar-refractivity contribution in [3.05, 3.63) is 0 Å². The number of amides is 2. The molecule has 5 aliphatic rings. The highest BCUT2D eigenvalue weighted by molar-refractivity contribution is 5.79. The smallest absolute Gasteiger partial charge is 0.223 e. The first-order valence-electron chi connectivity index (χ1n) is 13.7. The van der Waals surface area contributed by atoms with Crippen LogP contribution in [0.2, 0.25) is 0 Å². The molecular weight excluding hydrogens is 400 g/mol. The second kappa shape index (κ2) is 10.4. The number of carbonyl (C=O) groups excluding carboxylic acids is 2. The van der Waals surface area contributed by atoms with Gasteiger partial charge in [0, 0.05) is 51.1 Å². The molecule has 2 amide bonds. The molecule has 180 valence electrons. The Kier molecular flexibility index (Phi) is 7.37. The van der Waals surface area contributed by atoms with Gasteiger partial charge in [0.15, 0.2) is 0 Å². The molecule has 6 nitrogen and oxygen atoms in total. The molecule has 1 saturated heterocycles. The Bertz CT molecular complexity index is 606. The minimum Gasteiger partial charge on any atom is -0.356 e. The normalized spacial score (nSPS) is 36.6. The van der Waals surface area contributed by atoms with Crippen LogP contribution in [0.4, 0.5) is 0 Å². The molecule has 0 aromatic carbocycles. The third-order valence-electron chi connectivity index (χ3n) is 9.52. The Morgan fingerprint density at radius 3 is 1.41 bits per heavy atom. The summed E-state index contributed by atoms with van der Waals surface area (Å²) < 4.78 is 0. The second-order valence-electron chi connectivity index (χ2n) is 11.5. The van der Waals surface area contributed by atoms with Crippen LogP contribution in [0.25, 0.3) is 0 Å². The van der Waals surface area contributed by atoms with E-state index in [-0.39, 0.29) is 0 Å². The van der Waals surface area contributed by atoms with Crippen LogP contribution in [0.1, 0.15) is 64.2 Å². The molecule has 0 radical (unpaired) electrons. The summed E-state index contributed by atoms with van der Waals surface area (Å²) in [5.74, 6) is 4.32. The Balaban J connectivity index is 0.879. The number of piperazine rings is 1. The molecule has 4 saturated carbocycles. The fourth-order valence-corrected chi connectivity index (χ4v) is 7.66. The molecule has 6 heteroatoms. The summed E-state index contributed by atoms with van der Waals surface area (Å²) in [5.41, 5.74) is 0. The van der Waals surface area contributed by atoms with E-state index in [4.69, 9.17) is 0 Å². The summed E-state index contributed by atoms with van der Waals surface area (Å²) in [7, 11) is 0. The molecule has 5 rings (SSSR count). The average Bonchev–Trinajstić information content (AvgIpc) is 3.62. The van der Waals surface area contributed by atoms with Gasteiger partial charge in [-0.15, -0.1) is 0 Å². The number of nitrogens with one attached hydrogen (secondary N) is 2. The third kappa shape index (κ3) is 5.32. The van der Waals surface area contributed by atoms with Crippen molar-refractivity contribution in [1.29, 1.82) is 0 Å². The average molecular weight is 445 g/mol. The monoisotopic (exact) mass is 444 g/mol. The van der Waals surface area contributed by atoms with Crippen molar-refractivity contribution in [1.82, 2.24) is 20.4 Å². The van der Waals surface area contributed by atoms with E-state index in [0.717, 1.165) is 89.9 Å². The number of hydrogen-bond acceptors (Lipinski definition) is 4. The zero-order valence-corrected chi connectivity index (χ0v) is 19.9. The lowest BCUT2D eigenvalue weighted by molar-refractivity contribution is -0.127. The van der Waals surface area contributed by atoms with Crippen LogP contribution in [0, 0.1) is 35.5 Å². The van der Waals surface area contributed by atoms with Crippen LogP contribution in [0.3, 0.4) is 0 Å². The highest BCUT2D eigenvalue weighted by Gasteiger charge is 2.43. The Morgan fingerprint density at radius 2 is 1.06 bits per heavy atom. The van der Waals surface area contributed by atoms with Gasteiger partial charge in [0.1, 0.15) is 0 Å². The van der Waals surface area contributed by atoms with E-state index in [0.29, 0.717) is 35.5 Å². The van der Waals surface area contributed by atoms with Crippen molar-refractivity contribution in [2.24, 2.45) is 35.5 Å². The van der Waals surface area contributed by atoms with Gasteiger partial charge in [0.25, 0.3) is 0 Å². The van der Waals surface area contributed by atoms with Crippen LogP contribution in [0.15, 0.2) is 0 Å². The molecule has 5 fully saturated rings. The van der Waals surface area contributed by atoms with Gasteiger partial charge in [-0.25, -0.2) is 0 Å². The molecule has 32 heavy (non-hydrogen) atoms. The van der Waals surface area contributed by atoms with Crippen LogP contribution < -0.4 is 10.6 Å². The minimum atomic E-state index is 0.315. The zero-order valence-electron chi connectivity index (χ0n) is 19.9. The molecular formula is C26H44N4O2. The minimum absolute atomic E-state index is 0.315. The number of hydrogen-bond donors (Lipinski definition) is 2. The molecule has 2 N–H and O–H groups in total. The van der Waals surface area contributed by atoms with E-state index < -0.39 is 0 Å². The van der Waals surface area contributed by atoms with Crippen molar-refractivity contribution in [3.8, 4) is 0 Å². The fraction of sp³-hybridized carbons (Fsp3) is 0.923. The van der Waals surface area contributed by atoms with Gasteiger partial charge < -0.3 is 20.4 Å². The molecule has 0 aromatic heterocycles. The molecule has 6 atom stereocenters. The highest BCUT2D eigenvalue weighted by Crippen LogP contribution is 2.49. The maximum Gasteiger partial charge on any atom is 0.223 e. The van der Waals surface area contributed by atoms with E-state index in [9.17, 15) is 9.59 Å². The number of fused-ring (bicyclic) bond motifs is 4. The summed E-state index contributed by atoms with van der Waals surface area (Å²) in [4.78, 5) is 30.0. The van der Waals surface area contributed by atoms with Crippen LogP contribution in [-0.4, -0.2) is 74.0 Å². The summed E-state index contributed by atoms with van der Waals surface area (Å²) in [5, 5.41) is 6.44. The van der Waals surface area contributed by atoms with Crippen LogP contribution >= 0.6 is 0 Å². The lowest BCUT2D eigenvalue weighted by Gasteiger charge is -2.34. The van der Waals surface area contributed by atoms with E-state index in [1.54, 1.807) is 0 Å². The summed E-state index contributed by atoms with van der Waals surface area (Å²) in [6, 6.07) is 0. The number of nitrogens with zero attached hydrogens (tertiary/aromatic N) is 2. The van der Waals surface area contributed by atoms with Crippen molar-refractivity contribution in [2.75, 3.05) is 52.4 Å². The summed E-state index contributed by atoms with van der Waals surface area (Å²) in [6.45, 7) is 8.32. The van der Waals surface area contributed by atoms with Crippen LogP contribution in [0.5, 0.6) is 0 Å². The van der Waals surface area contributed by atoms with Crippen molar-refractivity contribution >= 4 is 11.8 Å². The van der Waals surface area contributed by atoms with E-state index in [1.165, 1.54) is 38.5 Å². The maximum absolute atomic E-state index is 12.4. The summed E-state index contributed by atoms with van der Waals surface area (Å²) >= 11 is 0. The summed E-state index contributed by atoms with van der Waals surface area (Å²) in [6.07, 6.45) is 12.3. The lowest BCUT2D eigenvalue weighted by atomic mass is 9.88. The topological polar surface area (TPSA) is 64.7 Å². The van der Waals surface area contributed by atoms with Gasteiger partial charge in [-0.05, 0) is 88.1 Å². The van der Waals surface area contributed by atoms with Crippen molar-refractivity contribution in [3.63, 3.8) is 0 Å². The third-order valence-corrected chi connectivity index (χ3v) is 9.52. The number of rotatable bonds is 10. The van der Waals surface area contributed by atoms with Crippen molar-refractivity contribution in [2.45, 2.75) is 64.2 Å². The van der Waals surface area contributed by atoms with Crippen LogP contribution in [-0.2, 0) is 9.59 Å². The van der Waals surface area contributed by atoms with E-state index >= 15 is 0 Å². The van der Waals surface area contributed by atoms with Gasteiger partial charge in [-0.3, -0.25) is 9.59 Å². The number of carbonyl (C=O) groups is 2. The Hall–Kier alpha value is -1.14. The molecule has 1 heterocycles. The van der Waals surface area contributed by atoms with Gasteiger partial charge in [0.05, 0.1) is 0 Å². The predicted octanol–water partition coefficient (Wildman–Crippen LogP) is 2.49. The van der Waals surface area contributed by atoms with Crippen molar-refractivity contribution < 1.29 is 9.59 Å². The van der Waals surface area contributed by atoms with E-state index in [1.807, 2.05) is 0 Å². The lowest BCUT2D eigenvalue weighted by Crippen LogP contribution is -2.47. The molecule has 0 spiro atoms. The van der Waals surface area contributed by atoms with Gasteiger partial charge >= 0.3 is 0 Å². The van der Waals surface area contributed by atoms with Gasteiger partial charge in [-0.2, -0.15) is 0 Å². The first kappa shape index (κ1) is 22.6. The van der Waals surface area contributed by atoms with Gasteiger partial charge in [-0.1, -0.05) is 12.8 Å². The standard InChI is InChI=1S/C26H44N4O2/c31-25(23-17-19-3-5-21(23)15-19)27-7-1-9-29-11-13-30(14-12-29)10-2-8-28-26(32)24-18-20-4-6-22(24)16-20/h19-24H,1-18H2,(H,27,31)(H,28,32). The fourth-order valence-electron chi connectivity index (χ4n) is 7.66. The first-order valence-corrected chi connectivity index (χ1v) is 13.7. The Morgan fingerprint density at radius 1 is 0.625 bits per heavy atom. The van der Waals surface area contributed by atoms with Gasteiger partial charge in [0.2, 0.25) is 11.8 Å². The Labute approximate surface area is 194 Å². The zero-order chi connectivity index (χ0) is 21.9. The molecule has 4 aliphatic carbocycles. The molecule has 0 aromatic rings. The van der Waals surface area contributed by atoms with E-state index in [2.05, 4.69) is 20.4 Å².